The van der Waals surface area contributed by atoms with Gasteiger partial charge in [0.15, 0.2) is 0 Å². The number of halogens is 1. The summed E-state index contributed by atoms with van der Waals surface area (Å²) in [6.07, 6.45) is 2.14. The van der Waals surface area contributed by atoms with Crippen molar-refractivity contribution < 1.29 is 27.0 Å². The highest BCUT2D eigenvalue weighted by Crippen LogP contribution is 2.31. The van der Waals surface area contributed by atoms with Gasteiger partial charge < -0.3 is 14.2 Å². The first-order valence-corrected chi connectivity index (χ1v) is 11.0. The number of sulfonamides is 1. The van der Waals surface area contributed by atoms with Crippen molar-refractivity contribution >= 4 is 10.0 Å². The molecular formula is C22H21FN2O5S. The lowest BCUT2D eigenvalue weighted by molar-refractivity contribution is 0.111. The third-order valence-electron chi connectivity index (χ3n) is 4.81. The van der Waals surface area contributed by atoms with Crippen LogP contribution in [0.4, 0.5) is 4.39 Å². The van der Waals surface area contributed by atoms with Gasteiger partial charge in [0.1, 0.15) is 40.7 Å². The summed E-state index contributed by atoms with van der Waals surface area (Å²) < 4.78 is 58.3. The van der Waals surface area contributed by atoms with E-state index < -0.39 is 21.9 Å². The van der Waals surface area contributed by atoms with Gasteiger partial charge in [0.25, 0.3) is 0 Å². The van der Waals surface area contributed by atoms with Crippen molar-refractivity contribution in [3.05, 3.63) is 78.4 Å². The Morgan fingerprint density at radius 2 is 1.94 bits per heavy atom. The van der Waals surface area contributed by atoms with Gasteiger partial charge in [-0.15, -0.1) is 0 Å². The number of pyridine rings is 1. The first-order valence-electron chi connectivity index (χ1n) is 9.58. The van der Waals surface area contributed by atoms with Crippen molar-refractivity contribution in [1.29, 1.82) is 0 Å². The molecule has 162 valence electrons. The molecule has 0 saturated carbocycles. The molecule has 4 rings (SSSR count). The van der Waals surface area contributed by atoms with Gasteiger partial charge in [-0.05, 0) is 48.0 Å². The fraction of sp³-hybridized carbons (Fsp3) is 0.227. The van der Waals surface area contributed by atoms with E-state index >= 15 is 0 Å². The lowest BCUT2D eigenvalue weighted by Gasteiger charge is -2.23. The van der Waals surface area contributed by atoms with Gasteiger partial charge in [0.05, 0.1) is 19.9 Å². The third-order valence-corrected chi connectivity index (χ3v) is 6.63. The van der Waals surface area contributed by atoms with Crippen molar-refractivity contribution in [2.24, 2.45) is 0 Å². The van der Waals surface area contributed by atoms with E-state index in [0.29, 0.717) is 17.1 Å². The van der Waals surface area contributed by atoms with Gasteiger partial charge in [-0.1, -0.05) is 12.1 Å². The van der Waals surface area contributed by atoms with Crippen LogP contribution in [-0.2, 0) is 16.6 Å². The summed E-state index contributed by atoms with van der Waals surface area (Å²) in [5.41, 5.74) is 0.533. The molecule has 2 aromatic carbocycles. The number of hydrogen-bond donors (Lipinski definition) is 0. The number of nitrogens with zero attached hydrogens (tertiary/aromatic N) is 2. The molecule has 9 heteroatoms. The number of rotatable bonds is 6. The molecule has 0 aliphatic carbocycles. The van der Waals surface area contributed by atoms with E-state index in [2.05, 4.69) is 4.98 Å². The molecular weight excluding hydrogens is 423 g/mol. The minimum atomic E-state index is -3.90. The minimum absolute atomic E-state index is 0.00315. The molecule has 1 aliphatic heterocycles. The smallest absolute Gasteiger partial charge is 0.248 e. The molecule has 7 nitrogen and oxygen atoms in total. The van der Waals surface area contributed by atoms with Gasteiger partial charge in [-0.2, -0.15) is 4.31 Å². The van der Waals surface area contributed by atoms with Crippen molar-refractivity contribution in [1.82, 2.24) is 9.29 Å². The molecule has 3 aromatic rings. The molecule has 1 aliphatic rings. The topological polar surface area (TPSA) is 78.0 Å². The van der Waals surface area contributed by atoms with Crippen LogP contribution in [0.1, 0.15) is 5.56 Å². The number of hydrogen-bond acceptors (Lipinski definition) is 6. The lowest BCUT2D eigenvalue weighted by Crippen LogP contribution is -2.39. The van der Waals surface area contributed by atoms with Crippen LogP contribution in [-0.4, -0.2) is 44.1 Å². The van der Waals surface area contributed by atoms with Crippen LogP contribution in [0.3, 0.4) is 0 Å². The zero-order valence-corrected chi connectivity index (χ0v) is 17.6. The predicted octanol–water partition coefficient (Wildman–Crippen LogP) is 3.26. The highest BCUT2D eigenvalue weighted by molar-refractivity contribution is 7.89. The quantitative estimate of drug-likeness (QED) is 0.581. The fourth-order valence-electron chi connectivity index (χ4n) is 3.28. The Balaban J connectivity index is 1.59. The molecule has 0 radical (unpaired) electrons. The molecule has 1 atom stereocenters. The molecule has 1 aromatic heterocycles. The van der Waals surface area contributed by atoms with E-state index in [1.165, 1.54) is 34.9 Å². The molecule has 1 unspecified atom stereocenters. The van der Waals surface area contributed by atoms with Gasteiger partial charge in [0, 0.05) is 12.7 Å². The Bertz CT molecular complexity index is 1150. The molecule has 0 saturated heterocycles. The molecule has 2 heterocycles. The highest BCUT2D eigenvalue weighted by Gasteiger charge is 2.35. The van der Waals surface area contributed by atoms with Crippen LogP contribution in [0.25, 0.3) is 0 Å². The van der Waals surface area contributed by atoms with E-state index in [4.69, 9.17) is 14.2 Å². The lowest BCUT2D eigenvalue weighted by atomic mass is 10.2. The molecule has 0 bridgehead atoms. The monoisotopic (exact) mass is 444 g/mol. The summed E-state index contributed by atoms with van der Waals surface area (Å²) >= 11 is 0. The highest BCUT2D eigenvalue weighted by atomic mass is 32.2. The number of methoxy groups -OCH3 is 1. The van der Waals surface area contributed by atoms with Crippen LogP contribution in [0, 0.1) is 5.82 Å². The summed E-state index contributed by atoms with van der Waals surface area (Å²) in [4.78, 5) is 3.91. The summed E-state index contributed by atoms with van der Waals surface area (Å²) in [6.45, 7) is 0.143. The van der Waals surface area contributed by atoms with Crippen LogP contribution in [0.15, 0.2) is 71.9 Å². The first kappa shape index (κ1) is 21.1. The second-order valence-corrected chi connectivity index (χ2v) is 8.88. The van der Waals surface area contributed by atoms with Crippen LogP contribution < -0.4 is 14.2 Å². The second kappa shape index (κ2) is 8.91. The van der Waals surface area contributed by atoms with E-state index in [1.54, 1.807) is 43.5 Å². The van der Waals surface area contributed by atoms with Crippen LogP contribution in [0.2, 0.25) is 0 Å². The van der Waals surface area contributed by atoms with Gasteiger partial charge >= 0.3 is 0 Å². The van der Waals surface area contributed by atoms with Crippen molar-refractivity contribution in [2.45, 2.75) is 17.5 Å². The van der Waals surface area contributed by atoms with Crippen molar-refractivity contribution in [3.8, 4) is 17.2 Å². The first-order chi connectivity index (χ1) is 15.0. The Kier molecular flexibility index (Phi) is 6.06. The average molecular weight is 444 g/mol. The maximum atomic E-state index is 13.6. The molecule has 31 heavy (non-hydrogen) atoms. The van der Waals surface area contributed by atoms with Gasteiger partial charge in [0.2, 0.25) is 10.0 Å². The fourth-order valence-corrected chi connectivity index (χ4v) is 4.80. The summed E-state index contributed by atoms with van der Waals surface area (Å²) in [6, 6.07) is 14.4. The molecule has 0 N–H and O–H groups in total. The van der Waals surface area contributed by atoms with Gasteiger partial charge in [-0.3, -0.25) is 4.98 Å². The Labute approximate surface area is 180 Å². The van der Waals surface area contributed by atoms with E-state index in [1.807, 2.05) is 0 Å². The Hall–Kier alpha value is -3.17. The van der Waals surface area contributed by atoms with Crippen molar-refractivity contribution in [2.75, 3.05) is 20.3 Å². The van der Waals surface area contributed by atoms with Crippen LogP contribution >= 0.6 is 0 Å². The zero-order valence-electron chi connectivity index (χ0n) is 16.8. The normalized spacial score (nSPS) is 17.8. The molecule has 0 spiro atoms. The second-order valence-electron chi connectivity index (χ2n) is 6.98. The SMILES string of the molecule is COc1ccc(OCC2CN(Cc3cccc(F)c3)S(=O)(=O)c3cnccc3O2)cc1. The maximum absolute atomic E-state index is 13.6. The standard InChI is InChI=1S/C22H21FN2O5S/c1-28-18-5-7-19(8-6-18)29-15-20-14-25(13-16-3-2-4-17(23)11-16)31(26,27)22-12-24-10-9-21(22)30-20/h2-12,20H,13-15H2,1H3. The molecule has 0 amide bonds. The van der Waals surface area contributed by atoms with Gasteiger partial charge in [-0.25, -0.2) is 12.8 Å². The van der Waals surface area contributed by atoms with E-state index in [9.17, 15) is 12.8 Å². The largest absolute Gasteiger partial charge is 0.497 e. The van der Waals surface area contributed by atoms with Crippen LogP contribution in [0.5, 0.6) is 17.2 Å². The minimum Gasteiger partial charge on any atom is -0.497 e. The Morgan fingerprint density at radius 3 is 2.68 bits per heavy atom. The number of ether oxygens (including phenoxy) is 3. The number of fused-ring (bicyclic) bond motifs is 1. The third kappa shape index (κ3) is 4.78. The molecule has 0 fully saturated rings. The summed E-state index contributed by atoms with van der Waals surface area (Å²) in [5.74, 6) is 1.08. The maximum Gasteiger partial charge on any atom is 0.248 e. The average Bonchev–Trinajstić information content (AvgIpc) is 2.87. The number of benzene rings is 2. The zero-order chi connectivity index (χ0) is 21.8. The van der Waals surface area contributed by atoms with E-state index in [0.717, 1.165) is 0 Å². The summed E-state index contributed by atoms with van der Waals surface area (Å²) in [7, 11) is -2.33. The Morgan fingerprint density at radius 1 is 1.16 bits per heavy atom. The number of aromatic nitrogens is 1. The predicted molar refractivity (Wildman–Crippen MR) is 111 cm³/mol. The van der Waals surface area contributed by atoms with Crippen molar-refractivity contribution in [3.63, 3.8) is 0 Å². The summed E-state index contributed by atoms with van der Waals surface area (Å²) in [5, 5.41) is 0. The van der Waals surface area contributed by atoms with E-state index in [-0.39, 0.29) is 30.3 Å².